The Morgan fingerprint density at radius 1 is 1.35 bits per heavy atom. The van der Waals surface area contributed by atoms with Crippen molar-refractivity contribution in [3.63, 3.8) is 0 Å². The van der Waals surface area contributed by atoms with Crippen LogP contribution in [0.15, 0.2) is 44.5 Å². The molecule has 0 unspecified atom stereocenters. The van der Waals surface area contributed by atoms with Crippen LogP contribution in [0.25, 0.3) is 0 Å². The summed E-state index contributed by atoms with van der Waals surface area (Å²) in [6.07, 6.45) is 1.42. The Morgan fingerprint density at radius 3 is 2.82 bits per heavy atom. The van der Waals surface area contributed by atoms with E-state index in [1.54, 1.807) is 24.3 Å². The van der Waals surface area contributed by atoms with E-state index < -0.39 is 11.2 Å². The molecule has 2 aromatic rings. The second-order valence-electron chi connectivity index (χ2n) is 3.53. The highest BCUT2D eigenvalue weighted by Crippen LogP contribution is 2.11. The number of phenols is 1. The molecule has 0 amide bonds. The third-order valence-corrected chi connectivity index (χ3v) is 2.80. The molecule has 6 heteroatoms. The molecule has 0 spiro atoms. The Kier molecular flexibility index (Phi) is 3.14. The molecule has 0 saturated carbocycles. The van der Waals surface area contributed by atoms with Gasteiger partial charge in [-0.05, 0) is 33.6 Å². The van der Waals surface area contributed by atoms with E-state index in [0.717, 1.165) is 5.56 Å². The summed E-state index contributed by atoms with van der Waals surface area (Å²) < 4.78 is 1.64. The fourth-order valence-corrected chi connectivity index (χ4v) is 1.80. The number of aromatic amines is 1. The highest BCUT2D eigenvalue weighted by Gasteiger charge is 2.03. The van der Waals surface area contributed by atoms with Crippen LogP contribution in [-0.4, -0.2) is 14.7 Å². The molecule has 2 N–H and O–H groups in total. The molecule has 5 nitrogen and oxygen atoms in total. The quantitative estimate of drug-likeness (QED) is 0.870. The van der Waals surface area contributed by atoms with Crippen LogP contribution in [0, 0.1) is 0 Å². The van der Waals surface area contributed by atoms with Crippen molar-refractivity contribution >= 4 is 15.9 Å². The third kappa shape index (κ3) is 2.65. The van der Waals surface area contributed by atoms with Crippen LogP contribution in [0.5, 0.6) is 5.75 Å². The number of halogens is 1. The number of benzene rings is 1. The van der Waals surface area contributed by atoms with Gasteiger partial charge in [0.1, 0.15) is 5.75 Å². The Labute approximate surface area is 104 Å². The van der Waals surface area contributed by atoms with Crippen molar-refractivity contribution in [2.75, 3.05) is 0 Å². The van der Waals surface area contributed by atoms with Crippen LogP contribution in [-0.2, 0) is 6.54 Å². The minimum absolute atomic E-state index is 0.138. The monoisotopic (exact) mass is 296 g/mol. The van der Waals surface area contributed by atoms with Crippen molar-refractivity contribution < 1.29 is 5.11 Å². The number of hydrogen-bond donors (Lipinski definition) is 2. The minimum Gasteiger partial charge on any atom is -0.508 e. The van der Waals surface area contributed by atoms with Crippen LogP contribution in [0.2, 0.25) is 0 Å². The van der Waals surface area contributed by atoms with Crippen molar-refractivity contribution in [2.24, 2.45) is 0 Å². The fourth-order valence-electron chi connectivity index (χ4n) is 1.45. The van der Waals surface area contributed by atoms with Crippen molar-refractivity contribution in [1.29, 1.82) is 0 Å². The van der Waals surface area contributed by atoms with E-state index in [9.17, 15) is 14.7 Å². The average molecular weight is 297 g/mol. The summed E-state index contributed by atoms with van der Waals surface area (Å²) in [6, 6.07) is 6.59. The highest BCUT2D eigenvalue weighted by atomic mass is 79.9. The van der Waals surface area contributed by atoms with Crippen LogP contribution in [0.3, 0.4) is 0 Å². The van der Waals surface area contributed by atoms with E-state index in [0.29, 0.717) is 0 Å². The molecule has 0 saturated heterocycles. The largest absolute Gasteiger partial charge is 0.508 e. The Balaban J connectivity index is 2.40. The lowest BCUT2D eigenvalue weighted by atomic mass is 10.2. The maximum atomic E-state index is 11.5. The maximum absolute atomic E-state index is 11.5. The summed E-state index contributed by atoms with van der Waals surface area (Å²) in [6.45, 7) is 0.280. The number of nitrogens with zero attached hydrogens (tertiary/aromatic N) is 1. The first kappa shape index (κ1) is 11.7. The number of aromatic nitrogens is 2. The van der Waals surface area contributed by atoms with Crippen molar-refractivity contribution in [3.8, 4) is 5.75 Å². The SMILES string of the molecule is O=c1[nH]c(=O)n(Cc2cccc(O)c2)cc1Br. The molecule has 0 radical (unpaired) electrons. The third-order valence-electron chi connectivity index (χ3n) is 2.23. The molecule has 1 heterocycles. The number of phenolic OH excluding ortho intramolecular Hbond substituents is 1. The second-order valence-corrected chi connectivity index (χ2v) is 4.39. The predicted molar refractivity (Wildman–Crippen MR) is 66.2 cm³/mol. The summed E-state index contributed by atoms with van der Waals surface area (Å²) in [5.41, 5.74) is -0.172. The minimum atomic E-state index is -0.485. The molecule has 0 aliphatic carbocycles. The van der Waals surface area contributed by atoms with E-state index >= 15 is 0 Å². The van der Waals surface area contributed by atoms with Gasteiger partial charge in [0, 0.05) is 6.20 Å². The summed E-state index contributed by atoms with van der Waals surface area (Å²) in [7, 11) is 0. The number of hydrogen-bond acceptors (Lipinski definition) is 3. The zero-order valence-electron chi connectivity index (χ0n) is 8.68. The maximum Gasteiger partial charge on any atom is 0.328 e. The van der Waals surface area contributed by atoms with Crippen molar-refractivity contribution in [1.82, 2.24) is 9.55 Å². The van der Waals surface area contributed by atoms with E-state index in [1.807, 2.05) is 0 Å². The first-order chi connectivity index (χ1) is 8.06. The lowest BCUT2D eigenvalue weighted by molar-refractivity contribution is 0.474. The smallest absolute Gasteiger partial charge is 0.328 e. The lowest BCUT2D eigenvalue weighted by Gasteiger charge is -2.05. The van der Waals surface area contributed by atoms with Crippen LogP contribution < -0.4 is 11.2 Å². The topological polar surface area (TPSA) is 75.1 Å². The van der Waals surface area contributed by atoms with E-state index in [1.165, 1.54) is 10.8 Å². The van der Waals surface area contributed by atoms with Crippen molar-refractivity contribution in [2.45, 2.75) is 6.54 Å². The van der Waals surface area contributed by atoms with Crippen LogP contribution >= 0.6 is 15.9 Å². The summed E-state index contributed by atoms with van der Waals surface area (Å²) >= 11 is 3.06. The summed E-state index contributed by atoms with van der Waals surface area (Å²) in [4.78, 5) is 24.8. The van der Waals surface area contributed by atoms with E-state index in [2.05, 4.69) is 20.9 Å². The van der Waals surface area contributed by atoms with Gasteiger partial charge < -0.3 is 5.11 Å². The molecule has 2 rings (SSSR count). The number of rotatable bonds is 2. The zero-order chi connectivity index (χ0) is 12.4. The Hall–Kier alpha value is -1.82. The van der Waals surface area contributed by atoms with Gasteiger partial charge in [0.25, 0.3) is 5.56 Å². The predicted octanol–water partition coefficient (Wildman–Crippen LogP) is 1.05. The zero-order valence-corrected chi connectivity index (χ0v) is 10.3. The first-order valence-electron chi connectivity index (χ1n) is 4.83. The normalized spacial score (nSPS) is 10.4. The Morgan fingerprint density at radius 2 is 2.12 bits per heavy atom. The molecule has 0 bridgehead atoms. The molecule has 17 heavy (non-hydrogen) atoms. The summed E-state index contributed by atoms with van der Waals surface area (Å²) in [5, 5.41) is 9.30. The summed E-state index contributed by atoms with van der Waals surface area (Å²) in [5.74, 6) is 0.138. The van der Waals surface area contributed by atoms with Crippen LogP contribution in [0.1, 0.15) is 5.56 Å². The highest BCUT2D eigenvalue weighted by molar-refractivity contribution is 9.10. The van der Waals surface area contributed by atoms with Gasteiger partial charge in [-0.2, -0.15) is 0 Å². The molecule has 88 valence electrons. The van der Waals surface area contributed by atoms with Gasteiger partial charge in [-0.3, -0.25) is 14.3 Å². The molecule has 1 aromatic carbocycles. The number of H-pyrrole nitrogens is 1. The van der Waals surface area contributed by atoms with Gasteiger partial charge in [-0.1, -0.05) is 12.1 Å². The molecule has 0 aliphatic rings. The van der Waals surface area contributed by atoms with E-state index in [4.69, 9.17) is 0 Å². The number of nitrogens with one attached hydrogen (secondary N) is 1. The average Bonchev–Trinajstić information content (AvgIpc) is 2.26. The lowest BCUT2D eigenvalue weighted by Crippen LogP contribution is -2.30. The van der Waals surface area contributed by atoms with Gasteiger partial charge in [0.15, 0.2) is 0 Å². The second kappa shape index (κ2) is 4.58. The van der Waals surface area contributed by atoms with Gasteiger partial charge in [0.2, 0.25) is 0 Å². The van der Waals surface area contributed by atoms with Gasteiger partial charge in [-0.25, -0.2) is 4.79 Å². The van der Waals surface area contributed by atoms with Crippen molar-refractivity contribution in [3.05, 3.63) is 61.3 Å². The van der Waals surface area contributed by atoms with Gasteiger partial charge in [0.05, 0.1) is 11.0 Å². The molecule has 0 atom stereocenters. The standard InChI is InChI=1S/C11H9BrN2O3/c12-9-6-14(11(17)13-10(9)16)5-7-2-1-3-8(15)4-7/h1-4,6,15H,5H2,(H,13,16,17). The van der Waals surface area contributed by atoms with Gasteiger partial charge in [-0.15, -0.1) is 0 Å². The molecular formula is C11H9BrN2O3. The number of aromatic hydroxyl groups is 1. The molecule has 0 aliphatic heterocycles. The molecule has 0 fully saturated rings. The molecular weight excluding hydrogens is 288 g/mol. The van der Waals surface area contributed by atoms with Gasteiger partial charge >= 0.3 is 5.69 Å². The fraction of sp³-hybridized carbons (Fsp3) is 0.0909. The Bertz CT molecular complexity index is 660. The van der Waals surface area contributed by atoms with Crippen LogP contribution in [0.4, 0.5) is 0 Å². The molecule has 1 aromatic heterocycles. The first-order valence-corrected chi connectivity index (χ1v) is 5.63. The van der Waals surface area contributed by atoms with E-state index in [-0.39, 0.29) is 16.8 Å².